The molecule has 0 fully saturated rings. The van der Waals surface area contributed by atoms with Gasteiger partial charge in [-0.2, -0.15) is 0 Å². The van der Waals surface area contributed by atoms with Crippen molar-refractivity contribution in [3.8, 4) is 11.6 Å². The SMILES string of the molecule is N=C(N)c1cccc(Oc2ccc(F)cc2Cl)n1. The molecule has 0 saturated heterocycles. The molecule has 2 aromatic rings. The van der Waals surface area contributed by atoms with Gasteiger partial charge in [-0.15, -0.1) is 0 Å². The molecule has 6 heteroatoms. The van der Waals surface area contributed by atoms with Crippen LogP contribution in [0.3, 0.4) is 0 Å². The Hall–Kier alpha value is -2.14. The lowest BCUT2D eigenvalue weighted by Gasteiger charge is -2.07. The van der Waals surface area contributed by atoms with E-state index >= 15 is 0 Å². The largest absolute Gasteiger partial charge is 0.437 e. The van der Waals surface area contributed by atoms with Gasteiger partial charge in [0.1, 0.15) is 23.1 Å². The molecule has 0 bridgehead atoms. The Morgan fingerprint density at radius 2 is 2.11 bits per heavy atom. The lowest BCUT2D eigenvalue weighted by Crippen LogP contribution is -2.13. The van der Waals surface area contributed by atoms with E-state index in [1.54, 1.807) is 18.2 Å². The summed E-state index contributed by atoms with van der Waals surface area (Å²) in [6.07, 6.45) is 0. The van der Waals surface area contributed by atoms with E-state index in [0.29, 0.717) is 5.69 Å². The summed E-state index contributed by atoms with van der Waals surface area (Å²) in [7, 11) is 0. The van der Waals surface area contributed by atoms with E-state index in [0.717, 1.165) is 6.07 Å². The number of pyridine rings is 1. The van der Waals surface area contributed by atoms with Crippen LogP contribution in [0.5, 0.6) is 11.6 Å². The van der Waals surface area contributed by atoms with Crippen molar-refractivity contribution in [3.63, 3.8) is 0 Å². The summed E-state index contributed by atoms with van der Waals surface area (Å²) in [4.78, 5) is 4.01. The number of amidine groups is 1. The van der Waals surface area contributed by atoms with Crippen molar-refractivity contribution in [2.75, 3.05) is 0 Å². The second-order valence-electron chi connectivity index (χ2n) is 3.45. The number of ether oxygens (including phenoxy) is 1. The first-order valence-corrected chi connectivity index (χ1v) is 5.38. The van der Waals surface area contributed by atoms with Crippen LogP contribution in [0.25, 0.3) is 0 Å². The van der Waals surface area contributed by atoms with Gasteiger partial charge in [-0.1, -0.05) is 17.7 Å². The molecule has 0 unspecified atom stereocenters. The van der Waals surface area contributed by atoms with Crippen molar-refractivity contribution in [2.45, 2.75) is 0 Å². The molecule has 0 aliphatic heterocycles. The fourth-order valence-electron chi connectivity index (χ4n) is 1.29. The number of hydrogen-bond donors (Lipinski definition) is 2. The number of hydrogen-bond acceptors (Lipinski definition) is 3. The molecule has 0 atom stereocenters. The predicted molar refractivity (Wildman–Crippen MR) is 66.7 cm³/mol. The number of halogens is 2. The maximum Gasteiger partial charge on any atom is 0.219 e. The van der Waals surface area contributed by atoms with Gasteiger partial charge in [0.15, 0.2) is 0 Å². The Labute approximate surface area is 108 Å². The number of benzene rings is 1. The van der Waals surface area contributed by atoms with Crippen molar-refractivity contribution in [3.05, 3.63) is 52.9 Å². The molecular weight excluding hydrogens is 257 g/mol. The molecule has 0 aliphatic carbocycles. The standard InChI is InChI=1S/C12H9ClFN3O/c13-8-6-7(14)4-5-10(8)18-11-3-1-2-9(17-11)12(15)16/h1-6H,(H3,15,16). The van der Waals surface area contributed by atoms with Crippen LogP contribution >= 0.6 is 11.6 Å². The lowest BCUT2D eigenvalue weighted by molar-refractivity contribution is 0.461. The first-order valence-electron chi connectivity index (χ1n) is 5.00. The molecule has 1 heterocycles. The van der Waals surface area contributed by atoms with Crippen LogP contribution in [-0.4, -0.2) is 10.8 Å². The van der Waals surface area contributed by atoms with E-state index < -0.39 is 5.82 Å². The summed E-state index contributed by atoms with van der Waals surface area (Å²) >= 11 is 5.82. The van der Waals surface area contributed by atoms with Gasteiger partial charge in [0.25, 0.3) is 0 Å². The van der Waals surface area contributed by atoms with Crippen molar-refractivity contribution >= 4 is 17.4 Å². The smallest absolute Gasteiger partial charge is 0.219 e. The molecule has 1 aromatic heterocycles. The number of nitrogens with two attached hydrogens (primary N) is 1. The molecule has 3 N–H and O–H groups in total. The van der Waals surface area contributed by atoms with Gasteiger partial charge in [-0.05, 0) is 24.3 Å². The summed E-state index contributed by atoms with van der Waals surface area (Å²) in [6.45, 7) is 0. The highest BCUT2D eigenvalue weighted by Crippen LogP contribution is 2.28. The van der Waals surface area contributed by atoms with E-state index in [-0.39, 0.29) is 22.5 Å². The highest BCUT2D eigenvalue weighted by molar-refractivity contribution is 6.32. The first kappa shape index (κ1) is 12.3. The van der Waals surface area contributed by atoms with Gasteiger partial charge in [0.05, 0.1) is 5.02 Å². The molecule has 0 spiro atoms. The third-order valence-electron chi connectivity index (χ3n) is 2.11. The van der Waals surface area contributed by atoms with E-state index in [9.17, 15) is 4.39 Å². The van der Waals surface area contributed by atoms with Crippen LogP contribution in [0.2, 0.25) is 5.02 Å². The highest BCUT2D eigenvalue weighted by atomic mass is 35.5. The minimum absolute atomic E-state index is 0.144. The molecule has 0 radical (unpaired) electrons. The number of rotatable bonds is 3. The van der Waals surface area contributed by atoms with E-state index in [1.807, 2.05) is 0 Å². The zero-order chi connectivity index (χ0) is 13.1. The van der Waals surface area contributed by atoms with E-state index in [2.05, 4.69) is 4.98 Å². The Kier molecular flexibility index (Phi) is 3.43. The lowest BCUT2D eigenvalue weighted by atomic mass is 10.3. The van der Waals surface area contributed by atoms with Gasteiger partial charge in [-0.3, -0.25) is 5.41 Å². The average molecular weight is 266 g/mol. The van der Waals surface area contributed by atoms with Crippen LogP contribution in [0.1, 0.15) is 5.69 Å². The van der Waals surface area contributed by atoms with E-state index in [4.69, 9.17) is 27.5 Å². The Morgan fingerprint density at radius 3 is 2.78 bits per heavy atom. The maximum absolute atomic E-state index is 12.9. The second-order valence-corrected chi connectivity index (χ2v) is 3.86. The van der Waals surface area contributed by atoms with Crippen molar-refractivity contribution in [1.29, 1.82) is 5.41 Å². The van der Waals surface area contributed by atoms with Crippen LogP contribution in [0, 0.1) is 11.2 Å². The number of nitrogens with one attached hydrogen (secondary N) is 1. The summed E-state index contributed by atoms with van der Waals surface area (Å²) in [6, 6.07) is 8.60. The summed E-state index contributed by atoms with van der Waals surface area (Å²) in [5.41, 5.74) is 5.61. The summed E-state index contributed by atoms with van der Waals surface area (Å²) in [5, 5.41) is 7.41. The average Bonchev–Trinajstić information content (AvgIpc) is 2.33. The topological polar surface area (TPSA) is 72.0 Å². The van der Waals surface area contributed by atoms with E-state index in [1.165, 1.54) is 12.1 Å². The highest BCUT2D eigenvalue weighted by Gasteiger charge is 2.06. The Morgan fingerprint density at radius 1 is 1.33 bits per heavy atom. The third kappa shape index (κ3) is 2.75. The summed E-state index contributed by atoms with van der Waals surface area (Å²) < 4.78 is 18.2. The fourth-order valence-corrected chi connectivity index (χ4v) is 1.50. The van der Waals surface area contributed by atoms with Crippen LogP contribution in [0.4, 0.5) is 4.39 Å². The zero-order valence-electron chi connectivity index (χ0n) is 9.15. The number of aromatic nitrogens is 1. The van der Waals surface area contributed by atoms with Gasteiger partial charge >= 0.3 is 0 Å². The summed E-state index contributed by atoms with van der Waals surface area (Å²) in [5.74, 6) is -0.0917. The van der Waals surface area contributed by atoms with Crippen molar-refractivity contribution in [2.24, 2.45) is 5.73 Å². The third-order valence-corrected chi connectivity index (χ3v) is 2.40. The fraction of sp³-hybridized carbons (Fsp3) is 0. The zero-order valence-corrected chi connectivity index (χ0v) is 9.91. The molecule has 92 valence electrons. The van der Waals surface area contributed by atoms with Gasteiger partial charge in [0.2, 0.25) is 5.88 Å². The minimum atomic E-state index is -0.446. The van der Waals surface area contributed by atoms with Gasteiger partial charge in [0, 0.05) is 6.07 Å². The molecule has 4 nitrogen and oxygen atoms in total. The van der Waals surface area contributed by atoms with Gasteiger partial charge in [-0.25, -0.2) is 9.37 Å². The molecule has 0 aliphatic rings. The molecule has 2 rings (SSSR count). The number of nitrogens with zero attached hydrogens (tertiary/aromatic N) is 1. The van der Waals surface area contributed by atoms with Crippen molar-refractivity contribution < 1.29 is 9.13 Å². The predicted octanol–water partition coefficient (Wildman–Crippen LogP) is 2.95. The molecular formula is C12H9ClFN3O. The molecule has 18 heavy (non-hydrogen) atoms. The van der Waals surface area contributed by atoms with Crippen molar-refractivity contribution in [1.82, 2.24) is 4.98 Å². The molecule has 1 aromatic carbocycles. The monoisotopic (exact) mass is 265 g/mol. The molecule has 0 saturated carbocycles. The van der Waals surface area contributed by atoms with Crippen LogP contribution < -0.4 is 10.5 Å². The van der Waals surface area contributed by atoms with Crippen LogP contribution in [-0.2, 0) is 0 Å². The Bertz CT molecular complexity index is 604. The Balaban J connectivity index is 2.28. The quantitative estimate of drug-likeness (QED) is 0.662. The number of nitrogen functional groups attached to an aromatic ring is 1. The minimum Gasteiger partial charge on any atom is -0.437 e. The normalized spacial score (nSPS) is 10.1. The van der Waals surface area contributed by atoms with Crippen LogP contribution in [0.15, 0.2) is 36.4 Å². The van der Waals surface area contributed by atoms with Gasteiger partial charge < -0.3 is 10.5 Å². The second kappa shape index (κ2) is 5.01. The molecule has 0 amide bonds. The first-order chi connectivity index (χ1) is 8.56. The maximum atomic E-state index is 12.9.